The first-order valence-corrected chi connectivity index (χ1v) is 4.92. The largest absolute Gasteiger partial charge is 0.471 e. The molecule has 0 spiro atoms. The highest BCUT2D eigenvalue weighted by Crippen LogP contribution is 2.21. The minimum Gasteiger partial charge on any atom is -0.374 e. The molecule has 0 aliphatic heterocycles. The number of halogens is 3. The molecule has 0 aliphatic rings. The number of carbonyl (C=O) groups is 1. The molecule has 0 aliphatic carbocycles. The summed E-state index contributed by atoms with van der Waals surface area (Å²) in [6.07, 6.45) is -6.48. The Kier molecular flexibility index (Phi) is 4.11. The lowest BCUT2D eigenvalue weighted by molar-refractivity contribution is -0.194. The zero-order chi connectivity index (χ0) is 13.1. The molecule has 0 radical (unpaired) electrons. The smallest absolute Gasteiger partial charge is 0.374 e. The Morgan fingerprint density at radius 3 is 2.29 bits per heavy atom. The van der Waals surface area contributed by atoms with Gasteiger partial charge in [0.25, 0.3) is 0 Å². The number of amides is 1. The van der Waals surface area contributed by atoms with E-state index in [9.17, 15) is 23.1 Å². The van der Waals surface area contributed by atoms with Crippen LogP contribution in [0.4, 0.5) is 13.2 Å². The number of aliphatic hydroxyl groups is 1. The monoisotopic (exact) mass is 247 g/mol. The summed E-state index contributed by atoms with van der Waals surface area (Å²) < 4.78 is 36.8. The number of hydrogen-bond donors (Lipinski definition) is 1. The van der Waals surface area contributed by atoms with Gasteiger partial charge in [0.15, 0.2) is 0 Å². The molecule has 94 valence electrons. The average molecular weight is 247 g/mol. The number of nitrogens with zero attached hydrogens (tertiary/aromatic N) is 1. The predicted molar refractivity (Wildman–Crippen MR) is 54.7 cm³/mol. The van der Waals surface area contributed by atoms with Gasteiger partial charge in [-0.15, -0.1) is 0 Å². The number of benzene rings is 1. The van der Waals surface area contributed by atoms with Gasteiger partial charge in [0.1, 0.15) is 6.23 Å². The first-order chi connectivity index (χ1) is 7.82. The second-order valence-electron chi connectivity index (χ2n) is 3.55. The van der Waals surface area contributed by atoms with Gasteiger partial charge in [-0.2, -0.15) is 13.2 Å². The highest BCUT2D eigenvalue weighted by atomic mass is 19.4. The Bertz CT molecular complexity index is 376. The molecule has 1 rings (SSSR count). The van der Waals surface area contributed by atoms with Gasteiger partial charge in [-0.05, 0) is 12.5 Å². The van der Waals surface area contributed by atoms with Gasteiger partial charge in [-0.3, -0.25) is 4.79 Å². The Morgan fingerprint density at radius 2 is 1.88 bits per heavy atom. The van der Waals surface area contributed by atoms with E-state index in [-0.39, 0.29) is 6.54 Å². The van der Waals surface area contributed by atoms with E-state index in [1.807, 2.05) is 0 Å². The molecule has 0 aromatic heterocycles. The topological polar surface area (TPSA) is 40.5 Å². The first-order valence-electron chi connectivity index (χ1n) is 4.92. The highest BCUT2D eigenvalue weighted by Gasteiger charge is 2.43. The molecule has 1 unspecified atom stereocenters. The Balaban J connectivity index is 2.85. The molecule has 0 saturated carbocycles. The summed E-state index contributed by atoms with van der Waals surface area (Å²) in [6, 6.07) is 8.17. The quantitative estimate of drug-likeness (QED) is 0.829. The molecule has 6 heteroatoms. The van der Waals surface area contributed by atoms with Crippen molar-refractivity contribution in [1.29, 1.82) is 0 Å². The van der Waals surface area contributed by atoms with Gasteiger partial charge in [0.05, 0.1) is 0 Å². The Hall–Kier alpha value is -1.56. The molecule has 0 heterocycles. The van der Waals surface area contributed by atoms with Crippen LogP contribution < -0.4 is 0 Å². The van der Waals surface area contributed by atoms with Crippen LogP contribution in [0.5, 0.6) is 0 Å². The fourth-order valence-corrected chi connectivity index (χ4v) is 1.32. The SMILES string of the molecule is CC(O)N(Cc1ccccc1)C(=O)C(F)(F)F. The second-order valence-corrected chi connectivity index (χ2v) is 3.55. The van der Waals surface area contributed by atoms with Gasteiger partial charge in [0, 0.05) is 6.54 Å². The zero-order valence-electron chi connectivity index (χ0n) is 9.11. The summed E-state index contributed by atoms with van der Waals surface area (Å²) in [5, 5.41) is 9.21. The predicted octanol–water partition coefficient (Wildman–Crippen LogP) is 1.92. The molecule has 1 atom stereocenters. The zero-order valence-corrected chi connectivity index (χ0v) is 9.11. The Labute approximate surface area is 96.5 Å². The Morgan fingerprint density at radius 1 is 1.35 bits per heavy atom. The molecular weight excluding hydrogens is 235 g/mol. The van der Waals surface area contributed by atoms with Crippen molar-refractivity contribution in [3.63, 3.8) is 0 Å². The maximum atomic E-state index is 12.3. The molecule has 1 aromatic rings. The molecule has 1 aromatic carbocycles. The normalized spacial score (nSPS) is 13.2. The van der Waals surface area contributed by atoms with Crippen LogP contribution in [0.3, 0.4) is 0 Å². The molecule has 0 saturated heterocycles. The minimum atomic E-state index is -4.98. The summed E-state index contributed by atoms with van der Waals surface area (Å²) >= 11 is 0. The van der Waals surface area contributed by atoms with E-state index in [2.05, 4.69) is 0 Å². The molecule has 1 amide bonds. The molecule has 0 bridgehead atoms. The molecular formula is C11H12F3NO2. The summed E-state index contributed by atoms with van der Waals surface area (Å²) in [4.78, 5) is 11.4. The van der Waals surface area contributed by atoms with Gasteiger partial charge >= 0.3 is 12.1 Å². The number of hydrogen-bond acceptors (Lipinski definition) is 2. The van der Waals surface area contributed by atoms with Crippen LogP contribution in [0.2, 0.25) is 0 Å². The first kappa shape index (κ1) is 13.5. The summed E-state index contributed by atoms with van der Waals surface area (Å²) in [7, 11) is 0. The van der Waals surface area contributed by atoms with Crippen molar-refractivity contribution < 1.29 is 23.1 Å². The standard InChI is InChI=1S/C11H12F3NO2/c1-8(16)15(10(17)11(12,13)14)7-9-5-3-2-4-6-9/h2-6,8,16H,7H2,1H3. The lowest BCUT2D eigenvalue weighted by Crippen LogP contribution is -2.45. The van der Waals surface area contributed by atoms with Crippen molar-refractivity contribution in [2.45, 2.75) is 25.9 Å². The van der Waals surface area contributed by atoms with E-state index in [0.717, 1.165) is 6.92 Å². The maximum absolute atomic E-state index is 12.3. The third-order valence-corrected chi connectivity index (χ3v) is 2.15. The number of carbonyl (C=O) groups excluding carboxylic acids is 1. The van der Waals surface area contributed by atoms with Crippen LogP contribution in [0.1, 0.15) is 12.5 Å². The van der Waals surface area contributed by atoms with Crippen molar-refractivity contribution in [2.75, 3.05) is 0 Å². The fraction of sp³-hybridized carbons (Fsp3) is 0.364. The lowest BCUT2D eigenvalue weighted by Gasteiger charge is -2.26. The van der Waals surface area contributed by atoms with E-state index in [0.29, 0.717) is 10.5 Å². The molecule has 3 nitrogen and oxygen atoms in total. The third-order valence-electron chi connectivity index (χ3n) is 2.15. The average Bonchev–Trinajstić information content (AvgIpc) is 2.24. The number of aliphatic hydroxyl groups excluding tert-OH is 1. The number of alkyl halides is 3. The van der Waals surface area contributed by atoms with Crippen LogP contribution in [0.25, 0.3) is 0 Å². The van der Waals surface area contributed by atoms with Gasteiger partial charge in [-0.1, -0.05) is 30.3 Å². The van der Waals surface area contributed by atoms with E-state index < -0.39 is 18.3 Å². The van der Waals surface area contributed by atoms with E-state index >= 15 is 0 Å². The summed E-state index contributed by atoms with van der Waals surface area (Å²) in [5.74, 6) is -2.05. The maximum Gasteiger partial charge on any atom is 0.471 e. The highest BCUT2D eigenvalue weighted by molar-refractivity contribution is 5.82. The van der Waals surface area contributed by atoms with Gasteiger partial charge in [0.2, 0.25) is 0 Å². The summed E-state index contributed by atoms with van der Waals surface area (Å²) in [6.45, 7) is 0.837. The van der Waals surface area contributed by atoms with E-state index in [1.165, 1.54) is 0 Å². The van der Waals surface area contributed by atoms with Crippen LogP contribution in [0.15, 0.2) is 30.3 Å². The van der Waals surface area contributed by atoms with Crippen molar-refractivity contribution in [3.8, 4) is 0 Å². The van der Waals surface area contributed by atoms with E-state index in [1.54, 1.807) is 30.3 Å². The third kappa shape index (κ3) is 3.74. The van der Waals surface area contributed by atoms with E-state index in [4.69, 9.17) is 0 Å². The summed E-state index contributed by atoms with van der Waals surface area (Å²) in [5.41, 5.74) is 0.519. The number of rotatable bonds is 3. The van der Waals surface area contributed by atoms with Crippen molar-refractivity contribution in [1.82, 2.24) is 4.90 Å². The van der Waals surface area contributed by atoms with Crippen LogP contribution in [-0.2, 0) is 11.3 Å². The molecule has 1 N–H and O–H groups in total. The van der Waals surface area contributed by atoms with Crippen molar-refractivity contribution in [2.24, 2.45) is 0 Å². The van der Waals surface area contributed by atoms with Crippen LogP contribution >= 0.6 is 0 Å². The second kappa shape index (κ2) is 5.18. The van der Waals surface area contributed by atoms with Crippen molar-refractivity contribution >= 4 is 5.91 Å². The van der Waals surface area contributed by atoms with Gasteiger partial charge < -0.3 is 10.0 Å². The van der Waals surface area contributed by atoms with Crippen LogP contribution in [-0.4, -0.2) is 28.3 Å². The van der Waals surface area contributed by atoms with Crippen molar-refractivity contribution in [3.05, 3.63) is 35.9 Å². The van der Waals surface area contributed by atoms with Gasteiger partial charge in [-0.25, -0.2) is 0 Å². The molecule has 0 fully saturated rings. The lowest BCUT2D eigenvalue weighted by atomic mass is 10.2. The van der Waals surface area contributed by atoms with Crippen LogP contribution in [0, 0.1) is 0 Å². The minimum absolute atomic E-state index is 0.281. The fourth-order valence-electron chi connectivity index (χ4n) is 1.32. The molecule has 17 heavy (non-hydrogen) atoms.